The highest BCUT2D eigenvalue weighted by atomic mass is 32.1. The lowest BCUT2D eigenvalue weighted by molar-refractivity contribution is 0.408. The second-order valence-corrected chi connectivity index (χ2v) is 6.57. The zero-order valence-electron chi connectivity index (χ0n) is 12.7. The molecule has 20 heavy (non-hydrogen) atoms. The molecular formula is C17H23NOS. The van der Waals surface area contributed by atoms with Crippen molar-refractivity contribution >= 4 is 11.3 Å². The summed E-state index contributed by atoms with van der Waals surface area (Å²) in [5.41, 5.74) is 2.68. The number of hydrogen-bond acceptors (Lipinski definition) is 3. The maximum atomic E-state index is 5.38. The van der Waals surface area contributed by atoms with Crippen LogP contribution in [0.25, 0.3) is 0 Å². The lowest BCUT2D eigenvalue weighted by Gasteiger charge is -2.15. The van der Waals surface area contributed by atoms with E-state index in [1.165, 1.54) is 20.9 Å². The molecule has 1 aromatic carbocycles. The molecule has 1 heterocycles. The van der Waals surface area contributed by atoms with Crippen LogP contribution in [0.5, 0.6) is 5.75 Å². The number of aryl methyl sites for hydroxylation is 2. The summed E-state index contributed by atoms with van der Waals surface area (Å²) in [6, 6.07) is 10.9. The number of ether oxygens (including phenoxy) is 1. The van der Waals surface area contributed by atoms with Crippen molar-refractivity contribution in [2.75, 3.05) is 13.7 Å². The Morgan fingerprint density at radius 3 is 2.65 bits per heavy atom. The van der Waals surface area contributed by atoms with Gasteiger partial charge in [0.2, 0.25) is 0 Å². The van der Waals surface area contributed by atoms with Gasteiger partial charge >= 0.3 is 0 Å². The number of hydrogen-bond donors (Lipinski definition) is 1. The van der Waals surface area contributed by atoms with Crippen molar-refractivity contribution < 1.29 is 4.74 Å². The van der Waals surface area contributed by atoms with E-state index in [9.17, 15) is 0 Å². The summed E-state index contributed by atoms with van der Waals surface area (Å²) in [6.45, 7) is 7.56. The largest absolute Gasteiger partial charge is 0.496 e. The molecule has 0 aliphatic rings. The first-order valence-corrected chi connectivity index (χ1v) is 7.85. The van der Waals surface area contributed by atoms with E-state index in [4.69, 9.17) is 4.74 Å². The fourth-order valence-corrected chi connectivity index (χ4v) is 3.55. The molecule has 0 spiro atoms. The second-order valence-electron chi connectivity index (χ2n) is 5.11. The van der Waals surface area contributed by atoms with E-state index in [2.05, 4.69) is 44.3 Å². The number of benzene rings is 1. The minimum Gasteiger partial charge on any atom is -0.496 e. The van der Waals surface area contributed by atoms with E-state index in [-0.39, 0.29) is 0 Å². The van der Waals surface area contributed by atoms with Crippen molar-refractivity contribution in [3.63, 3.8) is 0 Å². The van der Waals surface area contributed by atoms with E-state index in [1.807, 2.05) is 23.5 Å². The highest BCUT2D eigenvalue weighted by Gasteiger charge is 2.10. The molecule has 0 saturated heterocycles. The first kappa shape index (κ1) is 15.1. The van der Waals surface area contributed by atoms with Gasteiger partial charge in [-0.25, -0.2) is 0 Å². The van der Waals surface area contributed by atoms with Crippen LogP contribution in [0.1, 0.15) is 33.8 Å². The third-order valence-corrected chi connectivity index (χ3v) is 4.56. The summed E-state index contributed by atoms with van der Waals surface area (Å²) in [5, 5.41) is 3.60. The van der Waals surface area contributed by atoms with Gasteiger partial charge in [-0.2, -0.15) is 0 Å². The van der Waals surface area contributed by atoms with Gasteiger partial charge in [0.15, 0.2) is 0 Å². The summed E-state index contributed by atoms with van der Waals surface area (Å²) in [4.78, 5) is 2.80. The van der Waals surface area contributed by atoms with Crippen LogP contribution >= 0.6 is 11.3 Å². The number of methoxy groups -OCH3 is 1. The van der Waals surface area contributed by atoms with Crippen molar-refractivity contribution in [2.24, 2.45) is 0 Å². The minimum absolute atomic E-state index is 0.398. The van der Waals surface area contributed by atoms with Gasteiger partial charge in [-0.15, -0.1) is 11.3 Å². The smallest absolute Gasteiger partial charge is 0.122 e. The molecule has 1 atom stereocenters. The van der Waals surface area contributed by atoms with E-state index in [0.717, 1.165) is 18.7 Å². The summed E-state index contributed by atoms with van der Waals surface area (Å²) in [6.07, 6.45) is 0.983. The van der Waals surface area contributed by atoms with Crippen LogP contribution in [-0.2, 0) is 6.42 Å². The molecule has 2 aromatic rings. The topological polar surface area (TPSA) is 21.3 Å². The Morgan fingerprint density at radius 2 is 2.00 bits per heavy atom. The number of nitrogens with one attached hydrogen (secondary N) is 1. The van der Waals surface area contributed by atoms with Crippen LogP contribution in [0.4, 0.5) is 0 Å². The highest BCUT2D eigenvalue weighted by Crippen LogP contribution is 2.26. The molecule has 2 rings (SSSR count). The Balaban J connectivity index is 1.91. The van der Waals surface area contributed by atoms with Gasteiger partial charge in [-0.1, -0.05) is 18.2 Å². The fourth-order valence-electron chi connectivity index (χ4n) is 2.52. The highest BCUT2D eigenvalue weighted by molar-refractivity contribution is 7.12. The molecule has 0 saturated carbocycles. The van der Waals surface area contributed by atoms with Crippen LogP contribution in [0.2, 0.25) is 0 Å². The Labute approximate surface area is 125 Å². The molecule has 0 aliphatic carbocycles. The molecule has 0 amide bonds. The van der Waals surface area contributed by atoms with Crippen molar-refractivity contribution in [1.82, 2.24) is 5.32 Å². The van der Waals surface area contributed by atoms with Gasteiger partial charge in [0.05, 0.1) is 7.11 Å². The van der Waals surface area contributed by atoms with Crippen molar-refractivity contribution in [2.45, 2.75) is 33.2 Å². The molecule has 2 nitrogen and oxygen atoms in total. The minimum atomic E-state index is 0.398. The Kier molecular flexibility index (Phi) is 5.21. The van der Waals surface area contributed by atoms with Gasteiger partial charge in [0.25, 0.3) is 0 Å². The standard InChI is InChI=1S/C17H23NOS/c1-12-11-16(14(3)20-12)13(2)18-10-9-15-7-5-6-8-17(15)19-4/h5-8,11,13,18H,9-10H2,1-4H3. The Bertz CT molecular complexity index is 562. The average Bonchev–Trinajstić information content (AvgIpc) is 2.78. The van der Waals surface area contributed by atoms with Crippen LogP contribution in [-0.4, -0.2) is 13.7 Å². The molecule has 1 N–H and O–H groups in total. The second kappa shape index (κ2) is 6.91. The van der Waals surface area contributed by atoms with Crippen molar-refractivity contribution in [1.29, 1.82) is 0 Å². The maximum absolute atomic E-state index is 5.38. The van der Waals surface area contributed by atoms with Crippen molar-refractivity contribution in [3.05, 3.63) is 51.2 Å². The average molecular weight is 289 g/mol. The quantitative estimate of drug-likeness (QED) is 0.857. The molecule has 108 valence electrons. The fraction of sp³-hybridized carbons (Fsp3) is 0.412. The lowest BCUT2D eigenvalue weighted by atomic mass is 10.1. The molecule has 0 aliphatic heterocycles. The SMILES string of the molecule is COc1ccccc1CCNC(C)c1cc(C)sc1C. The number of rotatable bonds is 6. The van der Waals surface area contributed by atoms with E-state index in [1.54, 1.807) is 7.11 Å². The third kappa shape index (κ3) is 3.62. The van der Waals surface area contributed by atoms with Gasteiger partial charge in [0, 0.05) is 15.8 Å². The summed E-state index contributed by atoms with van der Waals surface area (Å²) >= 11 is 1.87. The number of para-hydroxylation sites is 1. The van der Waals surface area contributed by atoms with Crippen LogP contribution < -0.4 is 10.1 Å². The molecule has 0 fully saturated rings. The van der Waals surface area contributed by atoms with E-state index in [0.29, 0.717) is 6.04 Å². The van der Waals surface area contributed by atoms with Crippen LogP contribution in [0.3, 0.4) is 0 Å². The zero-order valence-corrected chi connectivity index (χ0v) is 13.5. The Morgan fingerprint density at radius 1 is 1.25 bits per heavy atom. The molecular weight excluding hydrogens is 266 g/mol. The first-order valence-electron chi connectivity index (χ1n) is 7.04. The maximum Gasteiger partial charge on any atom is 0.122 e. The predicted octanol–water partition coefficient (Wildman–Crippen LogP) is 4.27. The van der Waals surface area contributed by atoms with Crippen molar-refractivity contribution in [3.8, 4) is 5.75 Å². The molecule has 0 radical (unpaired) electrons. The number of thiophene rings is 1. The van der Waals surface area contributed by atoms with E-state index >= 15 is 0 Å². The first-order chi connectivity index (χ1) is 9.61. The Hall–Kier alpha value is -1.32. The lowest BCUT2D eigenvalue weighted by Crippen LogP contribution is -2.21. The van der Waals surface area contributed by atoms with Gasteiger partial charge in [0.1, 0.15) is 5.75 Å². The van der Waals surface area contributed by atoms with Gasteiger partial charge in [-0.3, -0.25) is 0 Å². The zero-order chi connectivity index (χ0) is 14.5. The summed E-state index contributed by atoms with van der Waals surface area (Å²) in [7, 11) is 1.73. The normalized spacial score (nSPS) is 12.4. The van der Waals surface area contributed by atoms with Gasteiger partial charge in [-0.05, 0) is 57.0 Å². The molecule has 1 aromatic heterocycles. The van der Waals surface area contributed by atoms with Crippen LogP contribution in [0.15, 0.2) is 30.3 Å². The monoisotopic (exact) mass is 289 g/mol. The third-order valence-electron chi connectivity index (χ3n) is 3.58. The molecule has 3 heteroatoms. The van der Waals surface area contributed by atoms with Crippen LogP contribution in [0, 0.1) is 13.8 Å². The molecule has 1 unspecified atom stereocenters. The van der Waals surface area contributed by atoms with Gasteiger partial charge < -0.3 is 10.1 Å². The summed E-state index contributed by atoms with van der Waals surface area (Å²) < 4.78 is 5.38. The molecule has 0 bridgehead atoms. The van der Waals surface area contributed by atoms with E-state index < -0.39 is 0 Å². The predicted molar refractivity (Wildman–Crippen MR) is 86.9 cm³/mol. The summed E-state index contributed by atoms with van der Waals surface area (Å²) in [5.74, 6) is 0.976.